The van der Waals surface area contributed by atoms with Gasteiger partial charge in [0, 0.05) is 12.1 Å². The van der Waals surface area contributed by atoms with Crippen LogP contribution in [0.5, 0.6) is 5.75 Å². The molecule has 3 nitrogen and oxygen atoms in total. The van der Waals surface area contributed by atoms with Gasteiger partial charge in [0.05, 0.1) is 24.4 Å². The van der Waals surface area contributed by atoms with Gasteiger partial charge in [-0.25, -0.2) is 4.99 Å². The van der Waals surface area contributed by atoms with E-state index in [-0.39, 0.29) is 6.04 Å². The van der Waals surface area contributed by atoms with Gasteiger partial charge in [-0.15, -0.1) is 0 Å². The largest absolute Gasteiger partial charge is 0.497 e. The molecule has 0 bridgehead atoms. The van der Waals surface area contributed by atoms with Gasteiger partial charge < -0.3 is 9.64 Å². The van der Waals surface area contributed by atoms with Crippen LogP contribution >= 0.6 is 0 Å². The number of anilines is 1. The van der Waals surface area contributed by atoms with E-state index in [4.69, 9.17) is 4.74 Å². The molecular formula is C23H19F3N2O. The van der Waals surface area contributed by atoms with E-state index in [9.17, 15) is 13.2 Å². The Bertz CT molecular complexity index is 997. The molecule has 1 heterocycles. The van der Waals surface area contributed by atoms with Crippen molar-refractivity contribution in [2.24, 2.45) is 4.99 Å². The maximum Gasteiger partial charge on any atom is 0.416 e. The van der Waals surface area contributed by atoms with Gasteiger partial charge in [0.15, 0.2) is 0 Å². The lowest BCUT2D eigenvalue weighted by molar-refractivity contribution is -0.137. The molecule has 29 heavy (non-hydrogen) atoms. The Kier molecular flexibility index (Phi) is 5.01. The Morgan fingerprint density at radius 3 is 2.14 bits per heavy atom. The maximum atomic E-state index is 12.8. The lowest BCUT2D eigenvalue weighted by Gasteiger charge is -2.44. The second-order valence-electron chi connectivity index (χ2n) is 6.77. The first kappa shape index (κ1) is 19.1. The lowest BCUT2D eigenvalue weighted by Crippen LogP contribution is -2.46. The molecule has 3 aromatic rings. The number of benzene rings is 3. The third-order valence-electron chi connectivity index (χ3n) is 4.95. The Morgan fingerprint density at radius 1 is 0.897 bits per heavy atom. The minimum Gasteiger partial charge on any atom is -0.497 e. The Morgan fingerprint density at radius 2 is 1.55 bits per heavy atom. The van der Waals surface area contributed by atoms with Gasteiger partial charge in [0.1, 0.15) is 11.6 Å². The highest BCUT2D eigenvalue weighted by Crippen LogP contribution is 2.41. The van der Waals surface area contributed by atoms with Crippen molar-refractivity contribution in [3.05, 3.63) is 90.0 Å². The van der Waals surface area contributed by atoms with Crippen molar-refractivity contribution in [2.45, 2.75) is 18.6 Å². The molecule has 0 N–H and O–H groups in total. The molecular weight excluding hydrogens is 377 g/mol. The van der Waals surface area contributed by atoms with E-state index in [2.05, 4.69) is 22.0 Å². The molecule has 3 aromatic carbocycles. The van der Waals surface area contributed by atoms with Crippen LogP contribution in [0.1, 0.15) is 23.6 Å². The number of nitrogens with zero attached hydrogens (tertiary/aromatic N) is 2. The van der Waals surface area contributed by atoms with Crippen LogP contribution in [0, 0.1) is 0 Å². The first-order valence-electron chi connectivity index (χ1n) is 9.19. The quantitative estimate of drug-likeness (QED) is 0.510. The minimum atomic E-state index is -4.35. The third-order valence-corrected chi connectivity index (χ3v) is 4.95. The van der Waals surface area contributed by atoms with Crippen LogP contribution in [-0.4, -0.2) is 12.9 Å². The highest BCUT2D eigenvalue weighted by atomic mass is 19.4. The molecule has 1 fully saturated rings. The first-order chi connectivity index (χ1) is 14.0. The topological polar surface area (TPSA) is 24.8 Å². The van der Waals surface area contributed by atoms with Crippen molar-refractivity contribution >= 4 is 17.2 Å². The van der Waals surface area contributed by atoms with Crippen LogP contribution in [0.4, 0.5) is 24.5 Å². The maximum absolute atomic E-state index is 12.8. The molecule has 1 saturated heterocycles. The second-order valence-corrected chi connectivity index (χ2v) is 6.77. The van der Waals surface area contributed by atoms with Gasteiger partial charge in [-0.1, -0.05) is 30.3 Å². The predicted octanol–water partition coefficient (Wildman–Crippen LogP) is 6.40. The molecule has 0 amide bonds. The summed E-state index contributed by atoms with van der Waals surface area (Å²) in [5.74, 6) is 1.57. The van der Waals surface area contributed by atoms with Crippen molar-refractivity contribution < 1.29 is 17.9 Å². The normalized spacial score (nSPS) is 17.9. The third kappa shape index (κ3) is 3.97. The number of rotatable bonds is 4. The van der Waals surface area contributed by atoms with E-state index in [0.717, 1.165) is 35.0 Å². The van der Waals surface area contributed by atoms with Gasteiger partial charge in [0.25, 0.3) is 0 Å². The number of aliphatic imine (C=N–C) groups is 1. The van der Waals surface area contributed by atoms with Crippen LogP contribution in [0.2, 0.25) is 0 Å². The van der Waals surface area contributed by atoms with Crippen LogP contribution in [0.15, 0.2) is 83.9 Å². The molecule has 6 heteroatoms. The van der Waals surface area contributed by atoms with E-state index in [0.29, 0.717) is 12.1 Å². The van der Waals surface area contributed by atoms with Crippen molar-refractivity contribution in [3.63, 3.8) is 0 Å². The summed E-state index contributed by atoms with van der Waals surface area (Å²) in [7, 11) is 1.61. The Labute approximate surface area is 167 Å². The summed E-state index contributed by atoms with van der Waals surface area (Å²) < 4.78 is 43.6. The monoisotopic (exact) mass is 396 g/mol. The van der Waals surface area contributed by atoms with Gasteiger partial charge in [-0.2, -0.15) is 13.2 Å². The van der Waals surface area contributed by atoms with Crippen LogP contribution < -0.4 is 9.64 Å². The summed E-state index contributed by atoms with van der Waals surface area (Å²) in [6.07, 6.45) is -3.65. The molecule has 1 aliphatic rings. The van der Waals surface area contributed by atoms with Crippen LogP contribution in [0.3, 0.4) is 0 Å². The molecule has 0 aromatic heterocycles. The number of ether oxygens (including phenoxy) is 1. The molecule has 0 aliphatic carbocycles. The second kappa shape index (κ2) is 7.62. The summed E-state index contributed by atoms with van der Waals surface area (Å²) in [6, 6.07) is 22.8. The average molecular weight is 396 g/mol. The smallest absolute Gasteiger partial charge is 0.416 e. The highest BCUT2D eigenvalue weighted by Gasteiger charge is 2.36. The average Bonchev–Trinajstić information content (AvgIpc) is 2.72. The molecule has 0 spiro atoms. The van der Waals surface area contributed by atoms with Crippen molar-refractivity contribution in [3.8, 4) is 5.75 Å². The zero-order chi connectivity index (χ0) is 20.4. The van der Waals surface area contributed by atoms with Crippen molar-refractivity contribution in [2.75, 3.05) is 12.0 Å². The molecule has 0 radical (unpaired) electrons. The number of amidine groups is 1. The highest BCUT2D eigenvalue weighted by molar-refractivity contribution is 6.06. The first-order valence-corrected chi connectivity index (χ1v) is 9.19. The zero-order valence-electron chi connectivity index (χ0n) is 15.7. The summed E-state index contributed by atoms with van der Waals surface area (Å²) in [6.45, 7) is 0. The van der Waals surface area contributed by atoms with Gasteiger partial charge in [0.2, 0.25) is 0 Å². The van der Waals surface area contributed by atoms with Gasteiger partial charge in [-0.3, -0.25) is 0 Å². The summed E-state index contributed by atoms with van der Waals surface area (Å²) in [5.41, 5.74) is 1.94. The van der Waals surface area contributed by atoms with Crippen LogP contribution in [0.25, 0.3) is 0 Å². The molecule has 0 saturated carbocycles. The Balaban J connectivity index is 1.65. The number of halogens is 3. The van der Waals surface area contributed by atoms with E-state index >= 15 is 0 Å². The molecule has 4 rings (SSSR count). The fraction of sp³-hybridized carbons (Fsp3) is 0.174. The lowest BCUT2D eigenvalue weighted by atomic mass is 9.92. The van der Waals surface area contributed by atoms with E-state index in [1.165, 1.54) is 12.1 Å². The standard InChI is InChI=1S/C23H19F3N2O/c1-29-20-13-11-19(12-14-20)28-21(16-5-3-2-4-6-16)15-22(28)27-18-9-7-17(8-10-18)23(24,25)26/h2-14,21H,15H2,1H3/b27-22+. The Hall–Kier alpha value is -3.28. The van der Waals surface area contributed by atoms with Gasteiger partial charge in [-0.05, 0) is 54.1 Å². The number of methoxy groups -OCH3 is 1. The predicted molar refractivity (Wildman–Crippen MR) is 108 cm³/mol. The summed E-state index contributed by atoms with van der Waals surface area (Å²) >= 11 is 0. The van der Waals surface area contributed by atoms with Crippen molar-refractivity contribution in [1.82, 2.24) is 0 Å². The fourth-order valence-electron chi connectivity index (χ4n) is 3.42. The van der Waals surface area contributed by atoms with E-state index < -0.39 is 11.7 Å². The SMILES string of the molecule is COc1ccc(N2/C(=N/c3ccc(C(F)(F)F)cc3)CC2c2ccccc2)cc1. The van der Waals surface area contributed by atoms with Gasteiger partial charge >= 0.3 is 6.18 Å². The van der Waals surface area contributed by atoms with E-state index in [1.807, 2.05) is 42.5 Å². The van der Waals surface area contributed by atoms with E-state index in [1.54, 1.807) is 7.11 Å². The molecule has 1 aliphatic heterocycles. The number of hydrogen-bond donors (Lipinski definition) is 0. The molecule has 1 unspecified atom stereocenters. The number of hydrogen-bond acceptors (Lipinski definition) is 2. The van der Waals surface area contributed by atoms with Crippen LogP contribution in [-0.2, 0) is 6.18 Å². The molecule has 1 atom stereocenters. The van der Waals surface area contributed by atoms with Crippen molar-refractivity contribution in [1.29, 1.82) is 0 Å². The fourth-order valence-corrected chi connectivity index (χ4v) is 3.42. The zero-order valence-corrected chi connectivity index (χ0v) is 15.7. The molecule has 148 valence electrons. The number of alkyl halides is 3. The minimum absolute atomic E-state index is 0.123. The summed E-state index contributed by atoms with van der Waals surface area (Å²) in [5, 5.41) is 0. The summed E-state index contributed by atoms with van der Waals surface area (Å²) in [4.78, 5) is 6.71.